The lowest BCUT2D eigenvalue weighted by Gasteiger charge is -2.11. The van der Waals surface area contributed by atoms with Crippen LogP contribution in [0.2, 0.25) is 0 Å². The molecule has 2 heterocycles. The van der Waals surface area contributed by atoms with Crippen molar-refractivity contribution in [3.05, 3.63) is 41.9 Å². The number of anilines is 2. The summed E-state index contributed by atoms with van der Waals surface area (Å²) in [5, 5.41) is 3.19. The fourth-order valence-electron chi connectivity index (χ4n) is 2.46. The second kappa shape index (κ2) is 7.21. The Balaban J connectivity index is 1.89. The molecule has 0 radical (unpaired) electrons. The molecular formula is C18H21N5O2. The number of H-pyrrole nitrogens is 1. The minimum atomic E-state index is 0.479. The second-order valence-corrected chi connectivity index (χ2v) is 5.56. The number of aromatic nitrogens is 4. The van der Waals surface area contributed by atoms with Gasteiger partial charge in [-0.2, -0.15) is 4.98 Å². The predicted molar refractivity (Wildman–Crippen MR) is 96.5 cm³/mol. The van der Waals surface area contributed by atoms with E-state index in [1.807, 2.05) is 39.0 Å². The number of nitrogens with one attached hydrogen (secondary N) is 2. The molecule has 7 nitrogen and oxygen atoms in total. The van der Waals surface area contributed by atoms with Gasteiger partial charge in [0.15, 0.2) is 0 Å². The van der Waals surface area contributed by atoms with E-state index in [9.17, 15) is 0 Å². The van der Waals surface area contributed by atoms with Crippen LogP contribution in [0.25, 0.3) is 11.4 Å². The highest BCUT2D eigenvalue weighted by Crippen LogP contribution is 2.31. The van der Waals surface area contributed by atoms with Crippen LogP contribution >= 0.6 is 0 Å². The van der Waals surface area contributed by atoms with Crippen LogP contribution in [0.4, 0.5) is 11.6 Å². The SMILES string of the molecule is CCOc1cc(C)nc(Nc2ccc(-c3ncc(C)[nH]3)c(OC)c2)n1. The Morgan fingerprint density at radius 3 is 2.68 bits per heavy atom. The molecule has 0 spiro atoms. The summed E-state index contributed by atoms with van der Waals surface area (Å²) in [4.78, 5) is 16.3. The number of aromatic amines is 1. The predicted octanol–water partition coefficient (Wildman–Crippen LogP) is 3.63. The van der Waals surface area contributed by atoms with Crippen molar-refractivity contribution < 1.29 is 9.47 Å². The minimum Gasteiger partial charge on any atom is -0.496 e. The van der Waals surface area contributed by atoms with Crippen LogP contribution in [0.5, 0.6) is 11.6 Å². The molecule has 2 N–H and O–H groups in total. The largest absolute Gasteiger partial charge is 0.496 e. The maximum absolute atomic E-state index is 5.51. The Hall–Kier alpha value is -3.09. The molecule has 0 unspecified atom stereocenters. The van der Waals surface area contributed by atoms with Crippen molar-refractivity contribution in [2.24, 2.45) is 0 Å². The van der Waals surface area contributed by atoms with Gasteiger partial charge in [-0.15, -0.1) is 0 Å². The Kier molecular flexibility index (Phi) is 4.83. The summed E-state index contributed by atoms with van der Waals surface area (Å²) in [6, 6.07) is 7.57. The van der Waals surface area contributed by atoms with E-state index in [-0.39, 0.29) is 0 Å². The van der Waals surface area contributed by atoms with Gasteiger partial charge in [-0.25, -0.2) is 9.97 Å². The Bertz CT molecular complexity index is 876. The first-order chi connectivity index (χ1) is 12.1. The van der Waals surface area contributed by atoms with Crippen molar-refractivity contribution in [3.63, 3.8) is 0 Å². The first-order valence-corrected chi connectivity index (χ1v) is 8.04. The van der Waals surface area contributed by atoms with E-state index >= 15 is 0 Å². The molecule has 0 aliphatic heterocycles. The lowest BCUT2D eigenvalue weighted by Crippen LogP contribution is -2.02. The highest BCUT2D eigenvalue weighted by atomic mass is 16.5. The van der Waals surface area contributed by atoms with Gasteiger partial charge in [0.05, 0.1) is 19.3 Å². The van der Waals surface area contributed by atoms with Gasteiger partial charge in [-0.05, 0) is 32.9 Å². The van der Waals surface area contributed by atoms with E-state index in [1.54, 1.807) is 19.4 Å². The van der Waals surface area contributed by atoms with E-state index in [0.29, 0.717) is 24.2 Å². The fraction of sp³-hybridized carbons (Fsp3) is 0.278. The van der Waals surface area contributed by atoms with Gasteiger partial charge in [0.2, 0.25) is 11.8 Å². The van der Waals surface area contributed by atoms with E-state index in [1.165, 1.54) is 0 Å². The molecule has 0 fully saturated rings. The van der Waals surface area contributed by atoms with Gasteiger partial charge >= 0.3 is 0 Å². The van der Waals surface area contributed by atoms with Crippen LogP contribution in [0.3, 0.4) is 0 Å². The molecule has 0 amide bonds. The average Bonchev–Trinajstić information content (AvgIpc) is 3.00. The number of hydrogen-bond acceptors (Lipinski definition) is 6. The molecule has 0 aliphatic carbocycles. The number of nitrogens with zero attached hydrogens (tertiary/aromatic N) is 3. The molecule has 7 heteroatoms. The molecule has 25 heavy (non-hydrogen) atoms. The lowest BCUT2D eigenvalue weighted by molar-refractivity contribution is 0.326. The maximum atomic E-state index is 5.51. The summed E-state index contributed by atoms with van der Waals surface area (Å²) in [6.07, 6.45) is 1.79. The monoisotopic (exact) mass is 339 g/mol. The average molecular weight is 339 g/mol. The molecule has 3 rings (SSSR count). The van der Waals surface area contributed by atoms with Crippen LogP contribution in [-0.4, -0.2) is 33.7 Å². The molecule has 2 aromatic heterocycles. The normalized spacial score (nSPS) is 10.6. The topological polar surface area (TPSA) is 85.0 Å². The van der Waals surface area contributed by atoms with Crippen LogP contribution in [-0.2, 0) is 0 Å². The zero-order valence-electron chi connectivity index (χ0n) is 14.8. The lowest BCUT2D eigenvalue weighted by atomic mass is 10.1. The molecule has 1 aromatic carbocycles. The van der Waals surface area contributed by atoms with E-state index < -0.39 is 0 Å². The van der Waals surface area contributed by atoms with Crippen molar-refractivity contribution >= 4 is 11.6 Å². The van der Waals surface area contributed by atoms with Crippen molar-refractivity contribution in [2.75, 3.05) is 19.0 Å². The maximum Gasteiger partial charge on any atom is 0.230 e. The third kappa shape index (κ3) is 3.88. The summed E-state index contributed by atoms with van der Waals surface area (Å²) in [7, 11) is 1.63. The fourth-order valence-corrected chi connectivity index (χ4v) is 2.46. The third-order valence-corrected chi connectivity index (χ3v) is 3.54. The number of methoxy groups -OCH3 is 1. The van der Waals surface area contributed by atoms with Crippen molar-refractivity contribution in [2.45, 2.75) is 20.8 Å². The van der Waals surface area contributed by atoms with Crippen LogP contribution in [0.1, 0.15) is 18.3 Å². The first kappa shape index (κ1) is 16.8. The van der Waals surface area contributed by atoms with Crippen LogP contribution in [0.15, 0.2) is 30.5 Å². The smallest absolute Gasteiger partial charge is 0.230 e. The summed E-state index contributed by atoms with van der Waals surface area (Å²) in [5.41, 5.74) is 3.53. The number of benzene rings is 1. The van der Waals surface area contributed by atoms with E-state index in [0.717, 1.165) is 28.5 Å². The van der Waals surface area contributed by atoms with Crippen LogP contribution < -0.4 is 14.8 Å². The zero-order chi connectivity index (χ0) is 17.8. The van der Waals surface area contributed by atoms with Gasteiger partial charge in [0.1, 0.15) is 11.6 Å². The van der Waals surface area contributed by atoms with Crippen LogP contribution in [0, 0.1) is 13.8 Å². The molecule has 0 atom stereocenters. The Labute approximate surface area is 146 Å². The van der Waals surface area contributed by atoms with Gasteiger partial charge in [0.25, 0.3) is 0 Å². The molecule has 3 aromatic rings. The molecule has 0 bridgehead atoms. The van der Waals surface area contributed by atoms with Gasteiger partial charge in [-0.3, -0.25) is 0 Å². The number of imidazole rings is 1. The molecular weight excluding hydrogens is 318 g/mol. The summed E-state index contributed by atoms with van der Waals surface area (Å²) >= 11 is 0. The molecule has 130 valence electrons. The Morgan fingerprint density at radius 2 is 2.00 bits per heavy atom. The summed E-state index contributed by atoms with van der Waals surface area (Å²) in [6.45, 7) is 6.34. The third-order valence-electron chi connectivity index (χ3n) is 3.54. The van der Waals surface area contributed by atoms with Gasteiger partial charge in [-0.1, -0.05) is 0 Å². The zero-order valence-corrected chi connectivity index (χ0v) is 14.8. The molecule has 0 aliphatic rings. The number of hydrogen-bond donors (Lipinski definition) is 2. The van der Waals surface area contributed by atoms with Crippen molar-refractivity contribution in [1.82, 2.24) is 19.9 Å². The number of ether oxygens (including phenoxy) is 2. The number of rotatable bonds is 6. The molecule has 0 saturated carbocycles. The molecule has 0 saturated heterocycles. The number of aryl methyl sites for hydroxylation is 2. The minimum absolute atomic E-state index is 0.479. The van der Waals surface area contributed by atoms with E-state index in [2.05, 4.69) is 25.3 Å². The van der Waals surface area contributed by atoms with Gasteiger partial charge in [0, 0.05) is 35.4 Å². The van der Waals surface area contributed by atoms with E-state index in [4.69, 9.17) is 9.47 Å². The Morgan fingerprint density at radius 1 is 1.16 bits per heavy atom. The highest BCUT2D eigenvalue weighted by molar-refractivity contribution is 5.70. The summed E-state index contributed by atoms with van der Waals surface area (Å²) < 4.78 is 11.0. The first-order valence-electron chi connectivity index (χ1n) is 8.04. The van der Waals surface area contributed by atoms with Crippen molar-refractivity contribution in [3.8, 4) is 23.0 Å². The standard InChI is InChI=1S/C18H21N5O2/c1-5-25-16-8-11(2)21-18(23-16)22-13-6-7-14(15(9-13)24-4)17-19-10-12(3)20-17/h6-10H,5H2,1-4H3,(H,19,20)(H,21,22,23). The second-order valence-electron chi connectivity index (χ2n) is 5.56. The quantitative estimate of drug-likeness (QED) is 0.713. The van der Waals surface area contributed by atoms with Crippen molar-refractivity contribution in [1.29, 1.82) is 0 Å². The highest BCUT2D eigenvalue weighted by Gasteiger charge is 2.11. The van der Waals surface area contributed by atoms with Gasteiger partial charge < -0.3 is 19.8 Å². The summed E-state index contributed by atoms with van der Waals surface area (Å²) in [5.74, 6) is 2.50.